The Balaban J connectivity index is 3.22. The van der Waals surface area contributed by atoms with Gasteiger partial charge in [-0.3, -0.25) is 0 Å². The van der Waals surface area contributed by atoms with Crippen molar-refractivity contribution < 1.29 is 8.42 Å². The molecule has 5 heteroatoms. The molecule has 0 amide bonds. The van der Waals surface area contributed by atoms with Crippen molar-refractivity contribution in [2.75, 3.05) is 5.73 Å². The number of sulfonamides is 1. The molecule has 0 saturated carbocycles. The monoisotopic (exact) mass is 284 g/mol. The second kappa shape index (κ2) is 5.51. The van der Waals surface area contributed by atoms with Crippen LogP contribution in [0.4, 0.5) is 5.69 Å². The largest absolute Gasteiger partial charge is 0.398 e. The molecule has 0 unspecified atom stereocenters. The zero-order valence-electron chi connectivity index (χ0n) is 12.4. The van der Waals surface area contributed by atoms with Gasteiger partial charge in [0.1, 0.15) is 0 Å². The lowest BCUT2D eigenvalue weighted by atomic mass is 9.98. The molecule has 1 aromatic rings. The Labute approximate surface area is 116 Å². The van der Waals surface area contributed by atoms with Gasteiger partial charge in [0.25, 0.3) is 0 Å². The fourth-order valence-electron chi connectivity index (χ4n) is 1.79. The highest BCUT2D eigenvalue weighted by Gasteiger charge is 2.27. The number of anilines is 1. The van der Waals surface area contributed by atoms with E-state index in [4.69, 9.17) is 5.73 Å². The predicted molar refractivity (Wildman–Crippen MR) is 79.6 cm³/mol. The molecule has 0 aliphatic carbocycles. The Morgan fingerprint density at radius 1 is 1.21 bits per heavy atom. The maximum absolute atomic E-state index is 12.4. The smallest absolute Gasteiger partial charge is 0.241 e. The third-order valence-electron chi connectivity index (χ3n) is 3.93. The Hall–Kier alpha value is -1.07. The molecule has 0 atom stereocenters. The fourth-order valence-corrected chi connectivity index (χ4v) is 3.45. The number of nitrogen functional groups attached to an aromatic ring is 1. The summed E-state index contributed by atoms with van der Waals surface area (Å²) in [7, 11) is -3.53. The molecule has 0 heterocycles. The van der Waals surface area contributed by atoms with Crippen molar-refractivity contribution in [3.05, 3.63) is 23.3 Å². The van der Waals surface area contributed by atoms with Crippen molar-refractivity contribution in [2.45, 2.75) is 57.9 Å². The van der Waals surface area contributed by atoms with Crippen molar-refractivity contribution in [1.82, 2.24) is 4.72 Å². The van der Waals surface area contributed by atoms with Gasteiger partial charge in [-0.2, -0.15) is 0 Å². The topological polar surface area (TPSA) is 72.2 Å². The highest BCUT2D eigenvalue weighted by Crippen LogP contribution is 2.24. The first-order valence-electron chi connectivity index (χ1n) is 6.56. The van der Waals surface area contributed by atoms with E-state index in [2.05, 4.69) is 4.72 Å². The summed E-state index contributed by atoms with van der Waals surface area (Å²) in [4.78, 5) is 0.237. The van der Waals surface area contributed by atoms with Gasteiger partial charge in [0, 0.05) is 11.2 Å². The maximum Gasteiger partial charge on any atom is 0.241 e. The molecule has 4 nitrogen and oxygen atoms in total. The summed E-state index contributed by atoms with van der Waals surface area (Å²) in [6, 6.07) is 3.19. The zero-order valence-corrected chi connectivity index (χ0v) is 13.2. The number of hydrogen-bond donors (Lipinski definition) is 2. The molecular weight excluding hydrogens is 260 g/mol. The van der Waals surface area contributed by atoms with Crippen molar-refractivity contribution >= 4 is 15.7 Å². The molecule has 3 N–H and O–H groups in total. The first kappa shape index (κ1) is 16.0. The lowest BCUT2D eigenvalue weighted by Crippen LogP contribution is -2.44. The number of nitrogens with two attached hydrogens (primary N) is 1. The minimum absolute atomic E-state index is 0.237. The van der Waals surface area contributed by atoms with Gasteiger partial charge in [-0.1, -0.05) is 13.8 Å². The highest BCUT2D eigenvalue weighted by molar-refractivity contribution is 7.89. The minimum Gasteiger partial charge on any atom is -0.398 e. The van der Waals surface area contributed by atoms with Crippen LogP contribution in [0.1, 0.15) is 44.7 Å². The highest BCUT2D eigenvalue weighted by atomic mass is 32.2. The van der Waals surface area contributed by atoms with E-state index >= 15 is 0 Å². The van der Waals surface area contributed by atoms with Gasteiger partial charge in [-0.25, -0.2) is 13.1 Å². The molecule has 0 bridgehead atoms. The van der Waals surface area contributed by atoms with Crippen molar-refractivity contribution in [3.8, 4) is 0 Å². The van der Waals surface area contributed by atoms with Crippen molar-refractivity contribution in [2.24, 2.45) is 0 Å². The van der Waals surface area contributed by atoms with Gasteiger partial charge in [0.2, 0.25) is 10.0 Å². The van der Waals surface area contributed by atoms with Crippen LogP contribution in [-0.2, 0) is 10.0 Å². The number of aryl methyl sites for hydroxylation is 1. The van der Waals surface area contributed by atoms with E-state index < -0.39 is 15.6 Å². The Morgan fingerprint density at radius 2 is 1.74 bits per heavy atom. The summed E-state index contributed by atoms with van der Waals surface area (Å²) in [6.45, 7) is 9.61. The second-order valence-corrected chi connectivity index (χ2v) is 7.01. The van der Waals surface area contributed by atoms with E-state index in [1.54, 1.807) is 6.07 Å². The normalized spacial score (nSPS) is 12.7. The lowest BCUT2D eigenvalue weighted by molar-refractivity contribution is 0.388. The fraction of sp³-hybridized carbons (Fsp3) is 0.571. The number of nitrogens with one attached hydrogen (secondary N) is 1. The summed E-state index contributed by atoms with van der Waals surface area (Å²) in [5.41, 5.74) is 7.75. The van der Waals surface area contributed by atoms with Crippen LogP contribution < -0.4 is 10.5 Å². The van der Waals surface area contributed by atoms with Gasteiger partial charge in [0.05, 0.1) is 4.90 Å². The van der Waals surface area contributed by atoms with Gasteiger partial charge >= 0.3 is 0 Å². The van der Waals surface area contributed by atoms with Crippen LogP contribution in [0.25, 0.3) is 0 Å². The van der Waals surface area contributed by atoms with Crippen LogP contribution in [0.3, 0.4) is 0 Å². The van der Waals surface area contributed by atoms with Crippen LogP contribution >= 0.6 is 0 Å². The van der Waals surface area contributed by atoms with Crippen LogP contribution in [0.5, 0.6) is 0 Å². The van der Waals surface area contributed by atoms with E-state index in [0.29, 0.717) is 5.69 Å². The molecule has 0 saturated heterocycles. The van der Waals surface area contributed by atoms with Gasteiger partial charge in [-0.15, -0.1) is 0 Å². The van der Waals surface area contributed by atoms with Crippen LogP contribution in [0, 0.1) is 13.8 Å². The van der Waals surface area contributed by atoms with Gasteiger partial charge < -0.3 is 5.73 Å². The number of benzene rings is 1. The molecular formula is C14H24N2O2S. The molecule has 0 aliphatic rings. The van der Waals surface area contributed by atoms with Crippen molar-refractivity contribution in [3.63, 3.8) is 0 Å². The molecule has 1 aromatic carbocycles. The van der Waals surface area contributed by atoms with E-state index in [-0.39, 0.29) is 4.90 Å². The number of rotatable bonds is 5. The summed E-state index contributed by atoms with van der Waals surface area (Å²) in [5, 5.41) is 0. The minimum atomic E-state index is -3.53. The second-order valence-electron chi connectivity index (χ2n) is 5.33. The average molecular weight is 284 g/mol. The summed E-state index contributed by atoms with van der Waals surface area (Å²) < 4.78 is 27.6. The quantitative estimate of drug-likeness (QED) is 0.817. The first-order valence-corrected chi connectivity index (χ1v) is 8.04. The molecule has 0 radical (unpaired) electrons. The molecule has 0 aromatic heterocycles. The molecule has 0 fully saturated rings. The SMILES string of the molecule is CCC(C)(CC)NS(=O)(=O)c1cc(C)c(C)c(N)c1. The maximum atomic E-state index is 12.4. The van der Waals surface area contributed by atoms with Crippen molar-refractivity contribution in [1.29, 1.82) is 0 Å². The average Bonchev–Trinajstić information content (AvgIpc) is 2.34. The zero-order chi connectivity index (χ0) is 14.8. The third kappa shape index (κ3) is 3.48. The third-order valence-corrected chi connectivity index (χ3v) is 5.55. The van der Waals surface area contributed by atoms with Crippen LogP contribution in [-0.4, -0.2) is 14.0 Å². The summed E-state index contributed by atoms with van der Waals surface area (Å²) >= 11 is 0. The first-order chi connectivity index (χ1) is 8.65. The standard InChI is InChI=1S/C14H24N2O2S/c1-6-14(5,7-2)16-19(17,18)12-8-10(3)11(4)13(15)9-12/h8-9,16H,6-7,15H2,1-5H3. The van der Waals surface area contributed by atoms with Gasteiger partial charge in [-0.05, 0) is 56.9 Å². The molecule has 0 spiro atoms. The molecule has 108 valence electrons. The Morgan fingerprint density at radius 3 is 2.16 bits per heavy atom. The Kier molecular flexibility index (Phi) is 4.63. The molecule has 1 rings (SSSR count). The summed E-state index contributed by atoms with van der Waals surface area (Å²) in [5.74, 6) is 0. The van der Waals surface area contributed by atoms with Gasteiger partial charge in [0.15, 0.2) is 0 Å². The molecule has 19 heavy (non-hydrogen) atoms. The molecule has 0 aliphatic heterocycles. The van der Waals surface area contributed by atoms with E-state index in [1.165, 1.54) is 6.07 Å². The van der Waals surface area contributed by atoms with E-state index in [9.17, 15) is 8.42 Å². The lowest BCUT2D eigenvalue weighted by Gasteiger charge is -2.28. The van der Waals surface area contributed by atoms with Crippen LogP contribution in [0.2, 0.25) is 0 Å². The van der Waals surface area contributed by atoms with Crippen LogP contribution in [0.15, 0.2) is 17.0 Å². The van der Waals surface area contributed by atoms with E-state index in [1.807, 2.05) is 34.6 Å². The van der Waals surface area contributed by atoms with E-state index in [0.717, 1.165) is 24.0 Å². The number of hydrogen-bond acceptors (Lipinski definition) is 3. The predicted octanol–water partition coefficient (Wildman–Crippen LogP) is 2.74. The Bertz CT molecular complexity index is 538. The summed E-state index contributed by atoms with van der Waals surface area (Å²) in [6.07, 6.45) is 1.48.